The van der Waals surface area contributed by atoms with Crippen molar-refractivity contribution in [3.8, 4) is 5.88 Å². The number of aromatic nitrogens is 1. The summed E-state index contributed by atoms with van der Waals surface area (Å²) in [6.45, 7) is 2.14. The van der Waals surface area contributed by atoms with Crippen LogP contribution < -0.4 is 10.1 Å². The standard InChI is InChI=1S/C10H14N2O/c1-13-10-9(3-2-5-12-10)8-4-6-11-7-8/h2-3,5,8,11H,4,6-7H2,1H3/t8-/m0/s1. The molecule has 2 heterocycles. The van der Waals surface area contributed by atoms with Crippen molar-refractivity contribution in [3.05, 3.63) is 23.9 Å². The van der Waals surface area contributed by atoms with Gasteiger partial charge in [0, 0.05) is 24.2 Å². The molecule has 3 heteroatoms. The number of nitrogens with zero attached hydrogens (tertiary/aromatic N) is 1. The second-order valence-electron chi connectivity index (χ2n) is 3.29. The molecule has 13 heavy (non-hydrogen) atoms. The number of nitrogens with one attached hydrogen (secondary N) is 1. The van der Waals surface area contributed by atoms with Crippen LogP contribution in [0, 0.1) is 0 Å². The Morgan fingerprint density at radius 2 is 2.54 bits per heavy atom. The third-order valence-corrected chi connectivity index (χ3v) is 2.49. The van der Waals surface area contributed by atoms with Gasteiger partial charge < -0.3 is 10.1 Å². The van der Waals surface area contributed by atoms with E-state index in [4.69, 9.17) is 4.74 Å². The van der Waals surface area contributed by atoms with Gasteiger partial charge in [0.2, 0.25) is 5.88 Å². The van der Waals surface area contributed by atoms with E-state index in [9.17, 15) is 0 Å². The number of methoxy groups -OCH3 is 1. The Bertz CT molecular complexity index is 282. The highest BCUT2D eigenvalue weighted by Crippen LogP contribution is 2.28. The smallest absolute Gasteiger partial charge is 0.216 e. The Kier molecular flexibility index (Phi) is 2.45. The van der Waals surface area contributed by atoms with Crippen LogP contribution in [0.4, 0.5) is 0 Å². The first-order valence-electron chi connectivity index (χ1n) is 4.61. The van der Waals surface area contributed by atoms with Crippen molar-refractivity contribution in [2.24, 2.45) is 0 Å². The molecule has 1 N–H and O–H groups in total. The molecule has 1 atom stereocenters. The minimum Gasteiger partial charge on any atom is -0.481 e. The van der Waals surface area contributed by atoms with Crippen LogP contribution in [0.5, 0.6) is 5.88 Å². The number of hydrogen-bond acceptors (Lipinski definition) is 3. The van der Waals surface area contributed by atoms with Gasteiger partial charge in [0.1, 0.15) is 0 Å². The Morgan fingerprint density at radius 3 is 3.23 bits per heavy atom. The molecular weight excluding hydrogens is 164 g/mol. The van der Waals surface area contributed by atoms with Gasteiger partial charge in [0.05, 0.1) is 7.11 Å². The maximum absolute atomic E-state index is 5.22. The van der Waals surface area contributed by atoms with Crippen LogP contribution >= 0.6 is 0 Å². The molecule has 1 aromatic heterocycles. The van der Waals surface area contributed by atoms with Crippen molar-refractivity contribution in [2.75, 3.05) is 20.2 Å². The predicted molar refractivity (Wildman–Crippen MR) is 51.0 cm³/mol. The van der Waals surface area contributed by atoms with Gasteiger partial charge in [-0.2, -0.15) is 0 Å². The molecule has 1 fully saturated rings. The van der Waals surface area contributed by atoms with Gasteiger partial charge in [0.25, 0.3) is 0 Å². The van der Waals surface area contributed by atoms with Gasteiger partial charge in [-0.15, -0.1) is 0 Å². The number of pyridine rings is 1. The molecule has 1 aliphatic rings. The zero-order valence-electron chi connectivity index (χ0n) is 7.79. The summed E-state index contributed by atoms with van der Waals surface area (Å²) < 4.78 is 5.22. The molecule has 0 bridgehead atoms. The van der Waals surface area contributed by atoms with Crippen LogP contribution in [-0.4, -0.2) is 25.2 Å². The van der Waals surface area contributed by atoms with Crippen molar-refractivity contribution in [3.63, 3.8) is 0 Å². The molecule has 2 rings (SSSR count). The topological polar surface area (TPSA) is 34.1 Å². The normalized spacial score (nSPS) is 21.8. The minimum absolute atomic E-state index is 0.573. The molecular formula is C10H14N2O. The number of hydrogen-bond donors (Lipinski definition) is 1. The fourth-order valence-electron chi connectivity index (χ4n) is 1.80. The van der Waals surface area contributed by atoms with Crippen molar-refractivity contribution in [1.82, 2.24) is 10.3 Å². The number of ether oxygens (including phenoxy) is 1. The van der Waals surface area contributed by atoms with Crippen LogP contribution in [0.25, 0.3) is 0 Å². The van der Waals surface area contributed by atoms with E-state index in [1.807, 2.05) is 6.07 Å². The molecule has 0 saturated carbocycles. The highest BCUT2D eigenvalue weighted by Gasteiger charge is 2.20. The predicted octanol–water partition coefficient (Wildman–Crippen LogP) is 1.17. The minimum atomic E-state index is 0.573. The van der Waals surface area contributed by atoms with E-state index in [0.717, 1.165) is 19.0 Å². The van der Waals surface area contributed by atoms with E-state index in [1.165, 1.54) is 12.0 Å². The molecule has 0 radical (unpaired) electrons. The highest BCUT2D eigenvalue weighted by atomic mass is 16.5. The SMILES string of the molecule is COc1ncccc1[C@H]1CCNC1. The third kappa shape index (κ3) is 1.65. The maximum atomic E-state index is 5.22. The average molecular weight is 178 g/mol. The second-order valence-corrected chi connectivity index (χ2v) is 3.29. The summed E-state index contributed by atoms with van der Waals surface area (Å²) in [7, 11) is 1.67. The molecule has 1 aliphatic heterocycles. The summed E-state index contributed by atoms with van der Waals surface area (Å²) in [4.78, 5) is 4.19. The highest BCUT2D eigenvalue weighted by molar-refractivity contribution is 5.30. The van der Waals surface area contributed by atoms with E-state index < -0.39 is 0 Å². The van der Waals surface area contributed by atoms with E-state index >= 15 is 0 Å². The van der Waals surface area contributed by atoms with Gasteiger partial charge >= 0.3 is 0 Å². The monoisotopic (exact) mass is 178 g/mol. The largest absolute Gasteiger partial charge is 0.481 e. The molecule has 70 valence electrons. The molecule has 3 nitrogen and oxygen atoms in total. The second kappa shape index (κ2) is 3.75. The van der Waals surface area contributed by atoms with Crippen molar-refractivity contribution in [1.29, 1.82) is 0 Å². The lowest BCUT2D eigenvalue weighted by atomic mass is 10.00. The van der Waals surface area contributed by atoms with Gasteiger partial charge in [0.15, 0.2) is 0 Å². The first-order valence-corrected chi connectivity index (χ1v) is 4.61. The summed E-state index contributed by atoms with van der Waals surface area (Å²) in [5, 5.41) is 3.34. The average Bonchev–Trinajstić information content (AvgIpc) is 2.70. The molecule has 0 spiro atoms. The van der Waals surface area contributed by atoms with Gasteiger partial charge in [-0.05, 0) is 19.0 Å². The first kappa shape index (κ1) is 8.51. The van der Waals surface area contributed by atoms with Crippen molar-refractivity contribution in [2.45, 2.75) is 12.3 Å². The molecule has 1 saturated heterocycles. The van der Waals surface area contributed by atoms with Crippen LogP contribution in [0.3, 0.4) is 0 Å². The van der Waals surface area contributed by atoms with Crippen LogP contribution in [0.2, 0.25) is 0 Å². The van der Waals surface area contributed by atoms with E-state index in [-0.39, 0.29) is 0 Å². The number of rotatable bonds is 2. The lowest BCUT2D eigenvalue weighted by Gasteiger charge is -2.11. The summed E-state index contributed by atoms with van der Waals surface area (Å²) in [6.07, 6.45) is 2.95. The van der Waals surface area contributed by atoms with E-state index in [2.05, 4.69) is 16.4 Å². The molecule has 1 aromatic rings. The Morgan fingerprint density at radius 1 is 1.62 bits per heavy atom. The van der Waals surface area contributed by atoms with E-state index in [0.29, 0.717) is 5.92 Å². The Balaban J connectivity index is 2.26. The Hall–Kier alpha value is -1.09. The lowest BCUT2D eigenvalue weighted by molar-refractivity contribution is 0.389. The zero-order valence-corrected chi connectivity index (χ0v) is 7.79. The zero-order chi connectivity index (χ0) is 9.10. The van der Waals surface area contributed by atoms with E-state index in [1.54, 1.807) is 13.3 Å². The maximum Gasteiger partial charge on any atom is 0.216 e. The molecule has 0 unspecified atom stereocenters. The van der Waals surface area contributed by atoms with Crippen LogP contribution in [-0.2, 0) is 0 Å². The molecule has 0 amide bonds. The first-order chi connectivity index (χ1) is 6.42. The van der Waals surface area contributed by atoms with Crippen molar-refractivity contribution < 1.29 is 4.74 Å². The lowest BCUT2D eigenvalue weighted by Crippen LogP contribution is -2.09. The summed E-state index contributed by atoms with van der Waals surface area (Å²) in [6, 6.07) is 4.07. The van der Waals surface area contributed by atoms with Crippen LogP contribution in [0.1, 0.15) is 17.9 Å². The van der Waals surface area contributed by atoms with Gasteiger partial charge in [-0.3, -0.25) is 0 Å². The fourth-order valence-corrected chi connectivity index (χ4v) is 1.80. The molecule has 0 aliphatic carbocycles. The molecule has 0 aromatic carbocycles. The van der Waals surface area contributed by atoms with Crippen LogP contribution in [0.15, 0.2) is 18.3 Å². The fraction of sp³-hybridized carbons (Fsp3) is 0.500. The summed E-state index contributed by atoms with van der Waals surface area (Å²) in [5.74, 6) is 1.35. The van der Waals surface area contributed by atoms with Gasteiger partial charge in [-0.1, -0.05) is 6.07 Å². The third-order valence-electron chi connectivity index (χ3n) is 2.49. The Labute approximate surface area is 78.1 Å². The van der Waals surface area contributed by atoms with Gasteiger partial charge in [-0.25, -0.2) is 4.98 Å². The summed E-state index contributed by atoms with van der Waals surface area (Å²) >= 11 is 0. The summed E-state index contributed by atoms with van der Waals surface area (Å²) in [5.41, 5.74) is 1.23. The van der Waals surface area contributed by atoms with Crippen molar-refractivity contribution >= 4 is 0 Å². The quantitative estimate of drug-likeness (QED) is 0.738.